The van der Waals surface area contributed by atoms with Gasteiger partial charge in [0.05, 0.1) is 22.4 Å². The monoisotopic (exact) mass is 353 g/mol. The molecule has 9 nitrogen and oxygen atoms in total. The molecule has 0 atom stereocenters. The summed E-state index contributed by atoms with van der Waals surface area (Å²) in [6.07, 6.45) is 2.94. The van der Waals surface area contributed by atoms with Crippen LogP contribution < -0.4 is 10.2 Å². The number of carbonyl (C=O) groups is 2. The number of aromatic nitrogens is 2. The van der Waals surface area contributed by atoms with Gasteiger partial charge in [-0.25, -0.2) is 14.6 Å². The number of carbonyl (C=O) groups excluding carboxylic acids is 1. The van der Waals surface area contributed by atoms with Gasteiger partial charge in [0.15, 0.2) is 0 Å². The van der Waals surface area contributed by atoms with Crippen LogP contribution in [0.15, 0.2) is 24.5 Å². The molecule has 3 aromatic rings. The van der Waals surface area contributed by atoms with E-state index in [0.717, 1.165) is 11.3 Å². The number of pyridine rings is 2. The van der Waals surface area contributed by atoms with Gasteiger partial charge in [-0.3, -0.25) is 9.88 Å². The Morgan fingerprint density at radius 3 is 2.72 bits per heavy atom. The molecular weight excluding hydrogens is 346 g/mol. The standard InChI is InChI=1S/C15H7N5O4S/c16-5-7-10-8-9(11(14(22)23)25-13(8)19-12(7)21)18-15(24)20(10)6-1-3-17-4-2-6/h1-4H,(H,18,24)(H,19,21)(H,22,23). The van der Waals surface area contributed by atoms with Gasteiger partial charge in [-0.2, -0.15) is 5.26 Å². The number of urea groups is 1. The van der Waals surface area contributed by atoms with Crippen LogP contribution in [0.25, 0.3) is 10.2 Å². The number of thiophene rings is 1. The molecule has 4 heterocycles. The molecule has 3 N–H and O–H groups in total. The molecule has 10 heteroatoms. The fourth-order valence-corrected chi connectivity index (χ4v) is 3.67. The molecule has 25 heavy (non-hydrogen) atoms. The van der Waals surface area contributed by atoms with Crippen LogP contribution in [-0.2, 0) is 0 Å². The van der Waals surface area contributed by atoms with Crippen molar-refractivity contribution in [2.45, 2.75) is 0 Å². The molecule has 0 aliphatic carbocycles. The van der Waals surface area contributed by atoms with Crippen LogP contribution in [-0.4, -0.2) is 32.2 Å². The fourth-order valence-electron chi connectivity index (χ4n) is 2.70. The summed E-state index contributed by atoms with van der Waals surface area (Å²) >= 11 is 0.810. The van der Waals surface area contributed by atoms with E-state index in [1.54, 1.807) is 12.1 Å². The number of hydrogen-bond acceptors (Lipinski definition) is 7. The maximum atomic E-state index is 12.6. The average molecular weight is 353 g/mol. The van der Waals surface area contributed by atoms with E-state index < -0.39 is 17.9 Å². The number of carboxylic acids is 1. The van der Waals surface area contributed by atoms with Crippen LogP contribution in [0, 0.1) is 11.3 Å². The second kappa shape index (κ2) is 5.15. The summed E-state index contributed by atoms with van der Waals surface area (Å²) in [5.41, 5.74) is 0.361. The number of nitriles is 1. The minimum absolute atomic E-state index is 0.0711. The summed E-state index contributed by atoms with van der Waals surface area (Å²) in [7, 11) is 0. The topological polar surface area (TPSA) is 139 Å². The van der Waals surface area contributed by atoms with Gasteiger partial charge in [0.2, 0.25) is 5.88 Å². The molecule has 0 bridgehead atoms. The minimum Gasteiger partial charge on any atom is -0.492 e. The minimum atomic E-state index is -1.24. The van der Waals surface area contributed by atoms with Crippen molar-refractivity contribution < 1.29 is 19.8 Å². The van der Waals surface area contributed by atoms with E-state index in [2.05, 4.69) is 15.3 Å². The summed E-state index contributed by atoms with van der Waals surface area (Å²) in [6.45, 7) is 0. The molecule has 1 aliphatic rings. The molecular formula is C15H7N5O4S. The van der Waals surface area contributed by atoms with Crippen molar-refractivity contribution in [2.75, 3.05) is 10.2 Å². The molecule has 2 amide bonds. The van der Waals surface area contributed by atoms with Crippen LogP contribution in [0.1, 0.15) is 15.2 Å². The van der Waals surface area contributed by atoms with Gasteiger partial charge in [-0.1, -0.05) is 0 Å². The molecule has 4 rings (SSSR count). The summed E-state index contributed by atoms with van der Waals surface area (Å²) in [5.74, 6) is -1.80. The third kappa shape index (κ3) is 2.00. The second-order valence-corrected chi connectivity index (χ2v) is 6.03. The van der Waals surface area contributed by atoms with E-state index in [0.29, 0.717) is 11.1 Å². The summed E-state index contributed by atoms with van der Waals surface area (Å²) < 4.78 is 0. The Balaban J connectivity index is 2.15. The first kappa shape index (κ1) is 14.9. The average Bonchev–Trinajstić information content (AvgIpc) is 2.94. The lowest BCUT2D eigenvalue weighted by Crippen LogP contribution is -2.34. The van der Waals surface area contributed by atoms with E-state index in [9.17, 15) is 25.1 Å². The van der Waals surface area contributed by atoms with Crippen LogP contribution in [0.5, 0.6) is 5.88 Å². The second-order valence-electron chi connectivity index (χ2n) is 5.03. The number of anilines is 3. The summed E-state index contributed by atoms with van der Waals surface area (Å²) in [4.78, 5) is 33.2. The van der Waals surface area contributed by atoms with Gasteiger partial charge in [-0.15, -0.1) is 11.3 Å². The number of nitrogens with one attached hydrogen (secondary N) is 1. The Bertz CT molecular complexity index is 1100. The highest BCUT2D eigenvalue weighted by molar-refractivity contribution is 7.21. The highest BCUT2D eigenvalue weighted by atomic mass is 32.1. The van der Waals surface area contributed by atoms with Gasteiger partial charge in [0.1, 0.15) is 21.3 Å². The van der Waals surface area contributed by atoms with Crippen molar-refractivity contribution in [3.63, 3.8) is 0 Å². The lowest BCUT2D eigenvalue weighted by atomic mass is 10.1. The Hall–Kier alpha value is -3.71. The fraction of sp³-hybridized carbons (Fsp3) is 0. The molecule has 0 spiro atoms. The Morgan fingerprint density at radius 2 is 2.08 bits per heavy atom. The van der Waals surface area contributed by atoms with Gasteiger partial charge >= 0.3 is 12.0 Å². The SMILES string of the molecule is N#Cc1c(O)nc2sc(C(=O)O)c3c2c1N(c1ccncc1)C(=O)N3. The van der Waals surface area contributed by atoms with Gasteiger partial charge in [-0.05, 0) is 12.1 Å². The Morgan fingerprint density at radius 1 is 1.36 bits per heavy atom. The van der Waals surface area contributed by atoms with Crippen LogP contribution >= 0.6 is 11.3 Å². The van der Waals surface area contributed by atoms with Crippen molar-refractivity contribution in [3.05, 3.63) is 35.0 Å². The largest absolute Gasteiger partial charge is 0.492 e. The maximum absolute atomic E-state index is 12.6. The van der Waals surface area contributed by atoms with E-state index in [1.165, 1.54) is 17.3 Å². The molecule has 0 aromatic carbocycles. The summed E-state index contributed by atoms with van der Waals surface area (Å²) in [6, 6.07) is 4.29. The molecule has 1 aliphatic heterocycles. The van der Waals surface area contributed by atoms with E-state index >= 15 is 0 Å². The first-order chi connectivity index (χ1) is 12.0. The van der Waals surface area contributed by atoms with Crippen molar-refractivity contribution in [3.8, 4) is 11.9 Å². The molecule has 3 aromatic heterocycles. The number of nitrogens with zero attached hydrogens (tertiary/aromatic N) is 4. The van der Waals surface area contributed by atoms with Crippen LogP contribution in [0.4, 0.5) is 21.9 Å². The third-order valence-electron chi connectivity index (χ3n) is 3.68. The zero-order valence-electron chi connectivity index (χ0n) is 12.2. The molecule has 122 valence electrons. The quantitative estimate of drug-likeness (QED) is 0.643. The lowest BCUT2D eigenvalue weighted by Gasteiger charge is -2.29. The van der Waals surface area contributed by atoms with E-state index in [1.807, 2.05) is 6.07 Å². The Kier molecular flexibility index (Phi) is 3.06. The maximum Gasteiger partial charge on any atom is 0.348 e. The van der Waals surface area contributed by atoms with E-state index in [-0.39, 0.29) is 26.6 Å². The van der Waals surface area contributed by atoms with Crippen LogP contribution in [0.3, 0.4) is 0 Å². The molecule has 0 radical (unpaired) electrons. The zero-order valence-corrected chi connectivity index (χ0v) is 13.0. The van der Waals surface area contributed by atoms with Crippen molar-refractivity contribution in [1.29, 1.82) is 5.26 Å². The predicted octanol–water partition coefficient (Wildman–Crippen LogP) is 2.65. The highest BCUT2D eigenvalue weighted by Crippen LogP contribution is 2.49. The smallest absolute Gasteiger partial charge is 0.348 e. The molecule has 0 saturated heterocycles. The van der Waals surface area contributed by atoms with Crippen molar-refractivity contribution >= 4 is 50.6 Å². The first-order valence-electron chi connectivity index (χ1n) is 6.87. The number of aromatic hydroxyl groups is 1. The normalized spacial score (nSPS) is 12.8. The van der Waals surface area contributed by atoms with Crippen molar-refractivity contribution in [2.24, 2.45) is 0 Å². The molecule has 0 saturated carbocycles. The highest BCUT2D eigenvalue weighted by Gasteiger charge is 2.36. The number of carboxylic acid groups (broad SMARTS) is 1. The van der Waals surface area contributed by atoms with Crippen molar-refractivity contribution in [1.82, 2.24) is 9.97 Å². The van der Waals surface area contributed by atoms with Gasteiger partial charge < -0.3 is 15.5 Å². The zero-order chi connectivity index (χ0) is 17.7. The number of aromatic carboxylic acids is 1. The summed E-state index contributed by atoms with van der Waals surface area (Å²) in [5, 5.41) is 31.7. The lowest BCUT2D eigenvalue weighted by molar-refractivity contribution is 0.0703. The molecule has 0 unspecified atom stereocenters. The third-order valence-corrected chi connectivity index (χ3v) is 4.75. The Labute approximate surface area is 143 Å². The number of amides is 2. The predicted molar refractivity (Wildman–Crippen MR) is 88.4 cm³/mol. The van der Waals surface area contributed by atoms with Crippen LogP contribution in [0.2, 0.25) is 0 Å². The van der Waals surface area contributed by atoms with Gasteiger partial charge in [0.25, 0.3) is 0 Å². The van der Waals surface area contributed by atoms with Gasteiger partial charge in [0, 0.05) is 12.4 Å². The molecule has 0 fully saturated rings. The number of hydrogen-bond donors (Lipinski definition) is 3. The number of rotatable bonds is 2. The first-order valence-corrected chi connectivity index (χ1v) is 7.68. The van der Waals surface area contributed by atoms with E-state index in [4.69, 9.17) is 0 Å².